The molecule has 0 atom stereocenters. The molecule has 10 rings (SSSR count). The van der Waals surface area contributed by atoms with Crippen LogP contribution in [0.25, 0.3) is 98.8 Å². The number of fused-ring (bicyclic) bond motifs is 6. The summed E-state index contributed by atoms with van der Waals surface area (Å²) in [5.74, 6) is 0. The zero-order valence-corrected chi connectivity index (χ0v) is 25.9. The van der Waals surface area contributed by atoms with Gasteiger partial charge in [0.1, 0.15) is 11.2 Å². The Hall–Kier alpha value is -6.44. The molecule has 10 aromatic rings. The van der Waals surface area contributed by atoms with Crippen molar-refractivity contribution in [3.8, 4) is 44.5 Å². The van der Waals surface area contributed by atoms with Crippen LogP contribution in [-0.2, 0) is 0 Å². The number of furan rings is 1. The van der Waals surface area contributed by atoms with Gasteiger partial charge in [-0.15, -0.1) is 0 Å². The van der Waals surface area contributed by atoms with Crippen LogP contribution >= 0.6 is 0 Å². The molecule has 228 valence electrons. The molecule has 49 heavy (non-hydrogen) atoms. The Morgan fingerprint density at radius 1 is 0.327 bits per heavy atom. The lowest BCUT2D eigenvalue weighted by molar-refractivity contribution is 0.669. The summed E-state index contributed by atoms with van der Waals surface area (Å²) in [6.45, 7) is 0. The fourth-order valence-corrected chi connectivity index (χ4v) is 7.10. The van der Waals surface area contributed by atoms with Gasteiger partial charge in [0.05, 0.1) is 15.1 Å². The van der Waals surface area contributed by atoms with Crippen LogP contribution < -0.4 is 0 Å². The van der Waals surface area contributed by atoms with E-state index < -0.39 is 53.9 Å². The maximum Gasteiger partial charge on any atom is 0.135 e. The molecule has 0 aliphatic rings. The summed E-state index contributed by atoms with van der Waals surface area (Å²) < 4.78 is 103. The van der Waals surface area contributed by atoms with Crippen LogP contribution in [0.15, 0.2) is 186 Å². The van der Waals surface area contributed by atoms with E-state index >= 15 is 0 Å². The van der Waals surface area contributed by atoms with Crippen molar-refractivity contribution in [3.05, 3.63) is 182 Å². The Morgan fingerprint density at radius 2 is 0.816 bits per heavy atom. The van der Waals surface area contributed by atoms with E-state index in [2.05, 4.69) is 36.4 Å². The normalized spacial score (nSPS) is 14.8. The monoisotopic (exact) mass is 633 g/mol. The first-order valence-corrected chi connectivity index (χ1v) is 16.0. The highest BCUT2D eigenvalue weighted by Crippen LogP contribution is 2.46. The Bertz CT molecular complexity index is 3420. The summed E-state index contributed by atoms with van der Waals surface area (Å²) in [4.78, 5) is 0. The molecule has 0 aliphatic carbocycles. The predicted octanol–water partition coefficient (Wildman–Crippen LogP) is 13.7. The molecule has 0 bridgehead atoms. The Kier molecular flexibility index (Phi) is 4.25. The van der Waals surface area contributed by atoms with Gasteiger partial charge in [-0.1, -0.05) is 158 Å². The highest BCUT2D eigenvalue weighted by molar-refractivity contribution is 6.24. The van der Waals surface area contributed by atoms with Gasteiger partial charge in [0.2, 0.25) is 0 Å². The molecular weight excluding hydrogens is 593 g/mol. The van der Waals surface area contributed by atoms with Gasteiger partial charge in [0.25, 0.3) is 0 Å². The summed E-state index contributed by atoms with van der Waals surface area (Å²) >= 11 is 0. The first-order valence-electron chi connectivity index (χ1n) is 21.5. The van der Waals surface area contributed by atoms with Gasteiger partial charge in [-0.2, -0.15) is 0 Å². The van der Waals surface area contributed by atoms with Crippen LogP contribution in [0, 0.1) is 0 Å². The van der Waals surface area contributed by atoms with Gasteiger partial charge in [-0.3, -0.25) is 0 Å². The lowest BCUT2D eigenvalue weighted by Gasteiger charge is -2.19. The molecule has 0 unspecified atom stereocenters. The maximum absolute atomic E-state index is 9.69. The number of rotatable bonds is 4. The molecular formula is C48H30O. The van der Waals surface area contributed by atoms with Crippen molar-refractivity contribution < 1.29 is 19.5 Å². The molecule has 0 N–H and O–H groups in total. The fraction of sp³-hybridized carbons (Fsp3) is 0. The molecule has 0 radical (unpaired) electrons. The van der Waals surface area contributed by atoms with Gasteiger partial charge in [0.15, 0.2) is 0 Å². The summed E-state index contributed by atoms with van der Waals surface area (Å²) in [7, 11) is 0. The molecule has 0 aliphatic heterocycles. The van der Waals surface area contributed by atoms with Crippen LogP contribution in [0.2, 0.25) is 0 Å². The lowest BCUT2D eigenvalue weighted by atomic mass is 9.84. The largest absolute Gasteiger partial charge is 0.456 e. The fourth-order valence-electron chi connectivity index (χ4n) is 7.10. The Labute approximate surface area is 299 Å². The van der Waals surface area contributed by atoms with Crippen LogP contribution in [0.1, 0.15) is 15.1 Å². The van der Waals surface area contributed by atoms with Crippen molar-refractivity contribution in [2.24, 2.45) is 0 Å². The van der Waals surface area contributed by atoms with E-state index in [1.807, 2.05) is 78.9 Å². The van der Waals surface area contributed by atoms with Gasteiger partial charge >= 0.3 is 0 Å². The molecule has 1 aromatic heterocycles. The summed E-state index contributed by atoms with van der Waals surface area (Å²) in [6, 6.07) is 32.7. The topological polar surface area (TPSA) is 13.1 Å². The molecule has 0 spiro atoms. The second kappa shape index (κ2) is 11.1. The van der Waals surface area contributed by atoms with Gasteiger partial charge in [0, 0.05) is 10.8 Å². The van der Waals surface area contributed by atoms with E-state index in [1.165, 1.54) is 0 Å². The SMILES string of the molecule is [2H]c1c([2H])c([2H])c(-c2c([2H])c([2H])c3oc4c([2H])c([2H])c(-c5ccc(-c6c7ccccc7c(-c7ccccc7)c7ccccc67)c6ccccc56)c([2H])c4c3c2[2H])c([2H])c1[2H]. The van der Waals surface area contributed by atoms with Crippen LogP contribution in [0.5, 0.6) is 0 Å². The average molecular weight is 634 g/mol. The standard InChI is InChI=1S/C48H30O/c1-3-13-31(14-4-1)33-23-27-45-43(29-33)44-30-34(24-28-46(44)49-45)35-25-26-42(37-18-8-7-17-36(35)37)48-40-21-11-9-19-38(40)47(32-15-5-2-6-16-32)39-20-10-12-22-41(39)48/h1-30H/i1D,3D,4D,13D,14D,23D,24D,27D,28D,29D,30D. The zero-order valence-electron chi connectivity index (χ0n) is 36.9. The maximum atomic E-state index is 9.69. The molecule has 0 saturated carbocycles. The third kappa shape index (κ3) is 4.40. The number of hydrogen-bond acceptors (Lipinski definition) is 1. The third-order valence-corrected chi connectivity index (χ3v) is 9.22. The zero-order chi connectivity index (χ0) is 41.9. The lowest BCUT2D eigenvalue weighted by Crippen LogP contribution is -1.92. The van der Waals surface area contributed by atoms with Crippen molar-refractivity contribution in [1.29, 1.82) is 0 Å². The van der Waals surface area contributed by atoms with Crippen molar-refractivity contribution in [2.45, 2.75) is 0 Å². The van der Waals surface area contributed by atoms with E-state index in [0.717, 1.165) is 49.2 Å². The Balaban J connectivity index is 1.27. The van der Waals surface area contributed by atoms with E-state index in [9.17, 15) is 4.11 Å². The Morgan fingerprint density at radius 3 is 1.45 bits per heavy atom. The summed E-state index contributed by atoms with van der Waals surface area (Å²) in [6.07, 6.45) is 0. The second-order valence-corrected chi connectivity index (χ2v) is 11.9. The first-order chi connectivity index (χ1) is 28.9. The molecule has 0 amide bonds. The predicted molar refractivity (Wildman–Crippen MR) is 208 cm³/mol. The van der Waals surface area contributed by atoms with E-state index in [1.54, 1.807) is 0 Å². The van der Waals surface area contributed by atoms with Crippen molar-refractivity contribution in [3.63, 3.8) is 0 Å². The summed E-state index contributed by atoms with van der Waals surface area (Å²) in [5.41, 5.74) is 3.46. The average Bonchev–Trinajstić information content (AvgIpc) is 3.69. The molecule has 0 fully saturated rings. The van der Waals surface area contributed by atoms with Crippen LogP contribution in [0.4, 0.5) is 0 Å². The smallest absolute Gasteiger partial charge is 0.135 e. The van der Waals surface area contributed by atoms with Gasteiger partial charge in [-0.25, -0.2) is 0 Å². The van der Waals surface area contributed by atoms with Gasteiger partial charge < -0.3 is 4.42 Å². The molecule has 9 aromatic carbocycles. The minimum atomic E-state index is -0.660. The van der Waals surface area contributed by atoms with E-state index in [0.29, 0.717) is 10.9 Å². The minimum absolute atomic E-state index is 0.0465. The van der Waals surface area contributed by atoms with Crippen LogP contribution in [0.3, 0.4) is 0 Å². The molecule has 1 heterocycles. The molecule has 1 heteroatoms. The minimum Gasteiger partial charge on any atom is -0.456 e. The van der Waals surface area contributed by atoms with Gasteiger partial charge in [-0.05, 0) is 101 Å². The number of benzene rings is 9. The van der Waals surface area contributed by atoms with E-state index in [-0.39, 0.29) is 51.2 Å². The molecule has 0 saturated heterocycles. The first kappa shape index (κ1) is 18.8. The van der Waals surface area contributed by atoms with E-state index in [4.69, 9.17) is 15.4 Å². The number of hydrogen-bond donors (Lipinski definition) is 0. The van der Waals surface area contributed by atoms with Crippen molar-refractivity contribution in [2.75, 3.05) is 0 Å². The molecule has 1 nitrogen and oxygen atoms in total. The highest BCUT2D eigenvalue weighted by Gasteiger charge is 2.19. The quantitative estimate of drug-likeness (QED) is 0.176. The summed E-state index contributed by atoms with van der Waals surface area (Å²) in [5, 5.41) is 5.66. The highest BCUT2D eigenvalue weighted by atomic mass is 16.3. The van der Waals surface area contributed by atoms with Crippen LogP contribution in [-0.4, -0.2) is 0 Å². The second-order valence-electron chi connectivity index (χ2n) is 11.9. The third-order valence-electron chi connectivity index (χ3n) is 9.22. The van der Waals surface area contributed by atoms with Crippen molar-refractivity contribution in [1.82, 2.24) is 0 Å². The van der Waals surface area contributed by atoms with Crippen molar-refractivity contribution >= 4 is 54.3 Å².